The molecule has 0 radical (unpaired) electrons. The first-order valence-corrected chi connectivity index (χ1v) is 7.58. The van der Waals surface area contributed by atoms with Crippen molar-refractivity contribution in [2.45, 2.75) is 19.1 Å². The lowest BCUT2D eigenvalue weighted by molar-refractivity contribution is -0.139. The molecule has 2 unspecified atom stereocenters. The number of carbonyl (C=O) groups excluding carboxylic acids is 2. The van der Waals surface area contributed by atoms with Crippen molar-refractivity contribution >= 4 is 28.6 Å². The van der Waals surface area contributed by atoms with E-state index in [0.717, 1.165) is 23.1 Å². The lowest BCUT2D eigenvalue weighted by Crippen LogP contribution is -2.40. The summed E-state index contributed by atoms with van der Waals surface area (Å²) in [4.78, 5) is 22.9. The maximum absolute atomic E-state index is 11.6. The largest absolute Gasteiger partial charge is 0.383 e. The Balaban J connectivity index is 1.97. The van der Waals surface area contributed by atoms with Crippen molar-refractivity contribution in [3.63, 3.8) is 0 Å². The Bertz CT molecular complexity index is 711. The second kappa shape index (κ2) is 8.08. The highest BCUT2D eigenvalue weighted by molar-refractivity contribution is 6.43. The SMILES string of the molecule is C=CC(=O)C(=O)C(O)C(C)Nc1ccc(Nc2ccccc2)cc1. The van der Waals surface area contributed by atoms with Gasteiger partial charge in [-0.25, -0.2) is 0 Å². The standard InChI is InChI=1S/C19H20N2O3/c1-3-17(22)19(24)18(23)13(2)20-15-9-11-16(12-10-15)21-14-7-5-4-6-8-14/h3-13,18,20-21,23H,1H2,2H3. The van der Waals surface area contributed by atoms with Crippen molar-refractivity contribution < 1.29 is 14.7 Å². The zero-order chi connectivity index (χ0) is 17.5. The molecule has 5 heteroatoms. The normalized spacial score (nSPS) is 12.8. The summed E-state index contributed by atoms with van der Waals surface area (Å²) in [6.07, 6.45) is -0.514. The number of allylic oxidation sites excluding steroid dienone is 1. The number of rotatable bonds is 8. The Kier molecular flexibility index (Phi) is 5.87. The number of hydrogen-bond donors (Lipinski definition) is 3. The lowest BCUT2D eigenvalue weighted by Gasteiger charge is -2.19. The molecule has 24 heavy (non-hydrogen) atoms. The fourth-order valence-corrected chi connectivity index (χ4v) is 2.15. The predicted octanol–water partition coefficient (Wildman–Crippen LogP) is 2.92. The highest BCUT2D eigenvalue weighted by atomic mass is 16.3. The van der Waals surface area contributed by atoms with Crippen LogP contribution in [0, 0.1) is 0 Å². The summed E-state index contributed by atoms with van der Waals surface area (Å²) in [6.45, 7) is 4.88. The molecule has 0 saturated heterocycles. The number of nitrogens with one attached hydrogen (secondary N) is 2. The molecule has 3 N–H and O–H groups in total. The van der Waals surface area contributed by atoms with Gasteiger partial charge in [-0.2, -0.15) is 0 Å². The number of Topliss-reactive ketones (excluding diaryl/α,β-unsaturated/α-hetero) is 1. The van der Waals surface area contributed by atoms with E-state index in [0.29, 0.717) is 0 Å². The summed E-state index contributed by atoms with van der Waals surface area (Å²) in [6, 6.07) is 16.6. The van der Waals surface area contributed by atoms with E-state index in [4.69, 9.17) is 0 Å². The van der Waals surface area contributed by atoms with Crippen LogP contribution in [0.1, 0.15) is 6.92 Å². The average Bonchev–Trinajstić information content (AvgIpc) is 2.62. The van der Waals surface area contributed by atoms with Crippen LogP contribution in [0.25, 0.3) is 0 Å². The number of para-hydroxylation sites is 1. The maximum Gasteiger partial charge on any atom is 0.233 e. The number of aliphatic hydroxyl groups excluding tert-OH is 1. The van der Waals surface area contributed by atoms with Crippen LogP contribution >= 0.6 is 0 Å². The van der Waals surface area contributed by atoms with Gasteiger partial charge in [-0.05, 0) is 49.4 Å². The third-order valence-corrected chi connectivity index (χ3v) is 3.51. The average molecular weight is 324 g/mol. The molecule has 0 aliphatic carbocycles. The van der Waals surface area contributed by atoms with Gasteiger partial charge in [-0.15, -0.1) is 0 Å². The molecule has 2 aromatic rings. The van der Waals surface area contributed by atoms with Crippen LogP contribution in [0.2, 0.25) is 0 Å². The fraction of sp³-hybridized carbons (Fsp3) is 0.158. The van der Waals surface area contributed by atoms with Gasteiger partial charge in [0.2, 0.25) is 11.6 Å². The third-order valence-electron chi connectivity index (χ3n) is 3.51. The van der Waals surface area contributed by atoms with Gasteiger partial charge in [0.1, 0.15) is 6.10 Å². The van der Waals surface area contributed by atoms with Gasteiger partial charge in [0, 0.05) is 17.1 Å². The van der Waals surface area contributed by atoms with Crippen LogP contribution in [-0.4, -0.2) is 28.8 Å². The first-order valence-electron chi connectivity index (χ1n) is 7.58. The van der Waals surface area contributed by atoms with E-state index < -0.39 is 23.7 Å². The minimum absolute atomic E-state index is 0.602. The van der Waals surface area contributed by atoms with Crippen LogP contribution < -0.4 is 10.6 Å². The van der Waals surface area contributed by atoms with Crippen LogP contribution in [-0.2, 0) is 9.59 Å². The van der Waals surface area contributed by atoms with Crippen molar-refractivity contribution in [1.29, 1.82) is 0 Å². The number of aliphatic hydroxyl groups is 1. The summed E-state index contributed by atoms with van der Waals surface area (Å²) in [5.74, 6) is -1.66. The third kappa shape index (κ3) is 4.54. The van der Waals surface area contributed by atoms with Gasteiger partial charge < -0.3 is 15.7 Å². The number of carbonyl (C=O) groups is 2. The first-order chi connectivity index (χ1) is 11.5. The van der Waals surface area contributed by atoms with Gasteiger partial charge in [0.05, 0.1) is 6.04 Å². The van der Waals surface area contributed by atoms with Crippen LogP contribution in [0.5, 0.6) is 0 Å². The number of ketones is 2. The van der Waals surface area contributed by atoms with Gasteiger partial charge in [-0.3, -0.25) is 9.59 Å². The number of benzene rings is 2. The lowest BCUT2D eigenvalue weighted by atomic mass is 10.0. The molecule has 0 fully saturated rings. The van der Waals surface area contributed by atoms with Crippen molar-refractivity contribution in [3.05, 3.63) is 67.3 Å². The molecule has 5 nitrogen and oxygen atoms in total. The molecular weight excluding hydrogens is 304 g/mol. The molecule has 0 heterocycles. The van der Waals surface area contributed by atoms with E-state index in [2.05, 4.69) is 17.2 Å². The fourth-order valence-electron chi connectivity index (χ4n) is 2.15. The molecule has 2 aromatic carbocycles. The zero-order valence-corrected chi connectivity index (χ0v) is 13.4. The van der Waals surface area contributed by atoms with Gasteiger partial charge >= 0.3 is 0 Å². The Labute approximate surface area is 141 Å². The summed E-state index contributed by atoms with van der Waals surface area (Å²) in [5, 5.41) is 16.2. The Morgan fingerprint density at radius 1 is 1.00 bits per heavy atom. The monoisotopic (exact) mass is 324 g/mol. The number of hydrogen-bond acceptors (Lipinski definition) is 5. The van der Waals surface area contributed by atoms with Crippen molar-refractivity contribution in [2.24, 2.45) is 0 Å². The Morgan fingerprint density at radius 2 is 1.54 bits per heavy atom. The minimum Gasteiger partial charge on any atom is -0.383 e. The van der Waals surface area contributed by atoms with E-state index >= 15 is 0 Å². The van der Waals surface area contributed by atoms with E-state index in [-0.39, 0.29) is 0 Å². The molecule has 2 atom stereocenters. The summed E-state index contributed by atoms with van der Waals surface area (Å²) >= 11 is 0. The highest BCUT2D eigenvalue weighted by Crippen LogP contribution is 2.19. The van der Waals surface area contributed by atoms with Crippen molar-refractivity contribution in [3.8, 4) is 0 Å². The molecule has 124 valence electrons. The minimum atomic E-state index is -1.42. The Hall–Kier alpha value is -2.92. The molecule has 2 rings (SSSR count). The summed E-state index contributed by atoms with van der Waals surface area (Å²) in [5.41, 5.74) is 2.63. The second-order valence-corrected chi connectivity index (χ2v) is 5.38. The molecule has 0 aliphatic rings. The molecule has 0 amide bonds. The smallest absolute Gasteiger partial charge is 0.233 e. The molecule has 0 spiro atoms. The second-order valence-electron chi connectivity index (χ2n) is 5.38. The van der Waals surface area contributed by atoms with Crippen molar-refractivity contribution in [2.75, 3.05) is 10.6 Å². The van der Waals surface area contributed by atoms with E-state index in [1.54, 1.807) is 6.92 Å². The first kappa shape index (κ1) is 17.4. The zero-order valence-electron chi connectivity index (χ0n) is 13.4. The van der Waals surface area contributed by atoms with Crippen LogP contribution in [0.15, 0.2) is 67.3 Å². The summed E-state index contributed by atoms with van der Waals surface area (Å²) in [7, 11) is 0. The molecule has 0 aromatic heterocycles. The topological polar surface area (TPSA) is 78.4 Å². The Morgan fingerprint density at radius 3 is 2.12 bits per heavy atom. The maximum atomic E-state index is 11.6. The number of anilines is 3. The highest BCUT2D eigenvalue weighted by Gasteiger charge is 2.26. The van der Waals surface area contributed by atoms with Crippen LogP contribution in [0.4, 0.5) is 17.1 Å². The molecule has 0 aliphatic heterocycles. The van der Waals surface area contributed by atoms with Crippen molar-refractivity contribution in [1.82, 2.24) is 0 Å². The van der Waals surface area contributed by atoms with E-state index in [1.165, 1.54) is 0 Å². The van der Waals surface area contributed by atoms with Gasteiger partial charge in [-0.1, -0.05) is 24.8 Å². The van der Waals surface area contributed by atoms with Gasteiger partial charge in [0.25, 0.3) is 0 Å². The van der Waals surface area contributed by atoms with E-state index in [9.17, 15) is 14.7 Å². The summed E-state index contributed by atoms with van der Waals surface area (Å²) < 4.78 is 0. The predicted molar refractivity (Wildman–Crippen MR) is 95.5 cm³/mol. The molecular formula is C19H20N2O3. The van der Waals surface area contributed by atoms with Crippen LogP contribution in [0.3, 0.4) is 0 Å². The molecule has 0 bridgehead atoms. The molecule has 0 saturated carbocycles. The van der Waals surface area contributed by atoms with E-state index in [1.807, 2.05) is 54.6 Å². The quantitative estimate of drug-likeness (QED) is 0.514. The van der Waals surface area contributed by atoms with Gasteiger partial charge in [0.15, 0.2) is 0 Å².